The summed E-state index contributed by atoms with van der Waals surface area (Å²) >= 11 is 3.56. The molecule has 2 rings (SSSR count). The van der Waals surface area contributed by atoms with Gasteiger partial charge in [-0.3, -0.25) is 4.90 Å². The molecule has 1 saturated carbocycles. The van der Waals surface area contributed by atoms with E-state index in [2.05, 4.69) is 52.0 Å². The molecule has 106 valence electrons. The molecule has 0 amide bonds. The van der Waals surface area contributed by atoms with E-state index in [0.717, 1.165) is 12.6 Å². The molecular formula is C16H25BrN2. The summed E-state index contributed by atoms with van der Waals surface area (Å²) in [6, 6.07) is 9.83. The van der Waals surface area contributed by atoms with Gasteiger partial charge in [-0.1, -0.05) is 35.0 Å². The molecule has 0 aromatic heterocycles. The van der Waals surface area contributed by atoms with Crippen molar-refractivity contribution < 1.29 is 0 Å². The first-order valence-corrected chi connectivity index (χ1v) is 8.22. The molecule has 3 heteroatoms. The molecule has 2 N–H and O–H groups in total. The van der Waals surface area contributed by atoms with Crippen LogP contribution in [0.1, 0.15) is 44.6 Å². The summed E-state index contributed by atoms with van der Waals surface area (Å²) in [6.07, 6.45) is 6.10. The lowest BCUT2D eigenvalue weighted by atomic mass is 9.90. The molecule has 19 heavy (non-hydrogen) atoms. The fourth-order valence-electron chi connectivity index (χ4n) is 3.01. The molecule has 0 radical (unpaired) electrons. The molecule has 0 heterocycles. The highest BCUT2D eigenvalue weighted by atomic mass is 79.9. The van der Waals surface area contributed by atoms with Gasteiger partial charge >= 0.3 is 0 Å². The second-order valence-corrected chi connectivity index (χ2v) is 6.58. The summed E-state index contributed by atoms with van der Waals surface area (Å²) < 4.78 is 1.17. The molecule has 1 fully saturated rings. The predicted molar refractivity (Wildman–Crippen MR) is 85.1 cm³/mol. The average Bonchev–Trinajstić information content (AvgIpc) is 2.39. The third-order valence-electron chi connectivity index (χ3n) is 4.04. The Bertz CT molecular complexity index is 386. The van der Waals surface area contributed by atoms with Gasteiger partial charge in [0, 0.05) is 23.1 Å². The molecular weight excluding hydrogens is 300 g/mol. The number of halogens is 1. The first-order valence-electron chi connectivity index (χ1n) is 7.43. The first-order chi connectivity index (χ1) is 9.19. The van der Waals surface area contributed by atoms with Gasteiger partial charge in [0.2, 0.25) is 0 Å². The van der Waals surface area contributed by atoms with Gasteiger partial charge in [-0.25, -0.2) is 0 Å². The lowest BCUT2D eigenvalue weighted by molar-refractivity contribution is 0.142. The minimum absolute atomic E-state index is 0.436. The fourth-order valence-corrected chi connectivity index (χ4v) is 3.46. The lowest BCUT2D eigenvalue weighted by Gasteiger charge is -2.36. The van der Waals surface area contributed by atoms with Crippen LogP contribution in [0.4, 0.5) is 0 Å². The van der Waals surface area contributed by atoms with Gasteiger partial charge in [-0.15, -0.1) is 0 Å². The number of rotatable bonds is 5. The van der Waals surface area contributed by atoms with Crippen LogP contribution >= 0.6 is 15.9 Å². The maximum atomic E-state index is 6.02. The quantitative estimate of drug-likeness (QED) is 0.889. The van der Waals surface area contributed by atoms with Crippen LogP contribution in [-0.4, -0.2) is 23.5 Å². The Morgan fingerprint density at radius 1 is 1.26 bits per heavy atom. The Morgan fingerprint density at radius 2 is 2.00 bits per heavy atom. The van der Waals surface area contributed by atoms with E-state index in [-0.39, 0.29) is 0 Å². The first kappa shape index (κ1) is 15.0. The maximum Gasteiger partial charge on any atom is 0.0237 e. The molecule has 2 nitrogen and oxygen atoms in total. The molecule has 1 aromatic rings. The average molecular weight is 325 g/mol. The van der Waals surface area contributed by atoms with Gasteiger partial charge in [-0.2, -0.15) is 0 Å². The maximum absolute atomic E-state index is 6.02. The topological polar surface area (TPSA) is 29.3 Å². The van der Waals surface area contributed by atoms with Crippen LogP contribution in [0.25, 0.3) is 0 Å². The number of nitrogens with zero attached hydrogens (tertiary/aromatic N) is 1. The fraction of sp³-hybridized carbons (Fsp3) is 0.625. The van der Waals surface area contributed by atoms with Crippen LogP contribution in [-0.2, 0) is 6.54 Å². The third kappa shape index (κ3) is 4.59. The summed E-state index contributed by atoms with van der Waals surface area (Å²) in [4.78, 5) is 2.65. The van der Waals surface area contributed by atoms with E-state index in [1.54, 1.807) is 0 Å². The Labute approximate surface area is 125 Å². The van der Waals surface area contributed by atoms with Crippen molar-refractivity contribution in [2.24, 2.45) is 5.73 Å². The van der Waals surface area contributed by atoms with Gasteiger partial charge in [0.15, 0.2) is 0 Å². The third-order valence-corrected chi connectivity index (χ3v) is 4.54. The number of hydrogen-bond acceptors (Lipinski definition) is 2. The Kier molecular flexibility index (Phi) is 5.86. The van der Waals surface area contributed by atoms with E-state index in [1.165, 1.54) is 48.7 Å². The Hall–Kier alpha value is -0.380. The van der Waals surface area contributed by atoms with Crippen LogP contribution in [0.3, 0.4) is 0 Å². The monoisotopic (exact) mass is 324 g/mol. The standard InChI is InChI=1S/C16H25BrN2/c1-2-10-19(16-8-6-15(18)7-9-16)12-13-4-3-5-14(17)11-13/h3-5,11,15-16H,2,6-10,12,18H2,1H3. The molecule has 0 saturated heterocycles. The predicted octanol–water partition coefficient (Wildman–Crippen LogP) is 3.93. The number of hydrogen-bond donors (Lipinski definition) is 1. The highest BCUT2D eigenvalue weighted by Gasteiger charge is 2.23. The zero-order chi connectivity index (χ0) is 13.7. The minimum Gasteiger partial charge on any atom is -0.328 e. The van der Waals surface area contributed by atoms with Crippen molar-refractivity contribution in [3.8, 4) is 0 Å². The zero-order valence-electron chi connectivity index (χ0n) is 11.8. The smallest absolute Gasteiger partial charge is 0.0237 e. The van der Waals surface area contributed by atoms with Gasteiger partial charge in [-0.05, 0) is 56.3 Å². The Morgan fingerprint density at radius 3 is 2.63 bits per heavy atom. The van der Waals surface area contributed by atoms with Gasteiger partial charge < -0.3 is 5.73 Å². The molecule has 0 atom stereocenters. The van der Waals surface area contributed by atoms with Crippen LogP contribution in [0.5, 0.6) is 0 Å². The normalized spacial score (nSPS) is 23.8. The van der Waals surface area contributed by atoms with Crippen molar-refractivity contribution >= 4 is 15.9 Å². The highest BCUT2D eigenvalue weighted by Crippen LogP contribution is 2.24. The summed E-state index contributed by atoms with van der Waals surface area (Å²) in [5, 5.41) is 0. The van der Waals surface area contributed by atoms with Gasteiger partial charge in [0.05, 0.1) is 0 Å². The van der Waals surface area contributed by atoms with Crippen LogP contribution < -0.4 is 5.73 Å². The van der Waals surface area contributed by atoms with Gasteiger partial charge in [0.25, 0.3) is 0 Å². The molecule has 1 aliphatic carbocycles. The lowest BCUT2D eigenvalue weighted by Crippen LogP contribution is -2.40. The summed E-state index contributed by atoms with van der Waals surface area (Å²) in [5.74, 6) is 0. The van der Waals surface area contributed by atoms with Crippen molar-refractivity contribution in [3.63, 3.8) is 0 Å². The van der Waals surface area contributed by atoms with Gasteiger partial charge in [0.1, 0.15) is 0 Å². The molecule has 0 bridgehead atoms. The second-order valence-electron chi connectivity index (χ2n) is 5.67. The van der Waals surface area contributed by atoms with Crippen LogP contribution in [0.2, 0.25) is 0 Å². The summed E-state index contributed by atoms with van der Waals surface area (Å²) in [6.45, 7) is 4.52. The van der Waals surface area contributed by atoms with Crippen molar-refractivity contribution in [3.05, 3.63) is 34.3 Å². The molecule has 0 spiro atoms. The van der Waals surface area contributed by atoms with Crippen molar-refractivity contribution in [1.82, 2.24) is 4.90 Å². The number of benzene rings is 1. The number of nitrogens with two attached hydrogens (primary N) is 1. The van der Waals surface area contributed by atoms with Crippen LogP contribution in [0, 0.1) is 0 Å². The van der Waals surface area contributed by atoms with E-state index in [4.69, 9.17) is 5.73 Å². The molecule has 1 aliphatic rings. The second kappa shape index (κ2) is 7.41. The van der Waals surface area contributed by atoms with E-state index in [1.807, 2.05) is 0 Å². The molecule has 0 aliphatic heterocycles. The summed E-state index contributed by atoms with van der Waals surface area (Å²) in [5.41, 5.74) is 7.42. The Balaban J connectivity index is 1.99. The minimum atomic E-state index is 0.436. The zero-order valence-corrected chi connectivity index (χ0v) is 13.4. The summed E-state index contributed by atoms with van der Waals surface area (Å²) in [7, 11) is 0. The van der Waals surface area contributed by atoms with Crippen molar-refractivity contribution in [2.75, 3.05) is 6.54 Å². The van der Waals surface area contributed by atoms with E-state index >= 15 is 0 Å². The molecule has 1 aromatic carbocycles. The highest BCUT2D eigenvalue weighted by molar-refractivity contribution is 9.10. The van der Waals surface area contributed by atoms with E-state index in [9.17, 15) is 0 Å². The largest absolute Gasteiger partial charge is 0.328 e. The van der Waals surface area contributed by atoms with E-state index < -0.39 is 0 Å². The SMILES string of the molecule is CCCN(Cc1cccc(Br)c1)C1CCC(N)CC1. The van der Waals surface area contributed by atoms with Crippen LogP contribution in [0.15, 0.2) is 28.7 Å². The molecule has 0 unspecified atom stereocenters. The van der Waals surface area contributed by atoms with E-state index in [0.29, 0.717) is 6.04 Å². The van der Waals surface area contributed by atoms with Crippen molar-refractivity contribution in [2.45, 2.75) is 57.7 Å². The van der Waals surface area contributed by atoms with Crippen molar-refractivity contribution in [1.29, 1.82) is 0 Å².